The molecule has 0 atom stereocenters. The number of methoxy groups -OCH3 is 1. The van der Waals surface area contributed by atoms with Crippen LogP contribution in [-0.4, -0.2) is 23.8 Å². The van der Waals surface area contributed by atoms with Crippen LogP contribution in [-0.2, 0) is 0 Å². The van der Waals surface area contributed by atoms with Crippen LogP contribution in [0.3, 0.4) is 0 Å². The number of rotatable bonds is 6. The summed E-state index contributed by atoms with van der Waals surface area (Å²) in [7, 11) is 1.68. The third-order valence-electron chi connectivity index (χ3n) is 5.25. The number of hydrazone groups is 1. The molecule has 1 heterocycles. The zero-order valence-corrected chi connectivity index (χ0v) is 18.5. The van der Waals surface area contributed by atoms with Gasteiger partial charge in [-0.2, -0.15) is 5.10 Å². The number of ether oxygens (including phenoxy) is 1. The van der Waals surface area contributed by atoms with Gasteiger partial charge in [0, 0.05) is 22.6 Å². The Hall–Kier alpha value is -3.34. The number of amides is 1. The van der Waals surface area contributed by atoms with E-state index in [2.05, 4.69) is 47.1 Å². The quantitative estimate of drug-likeness (QED) is 0.449. The van der Waals surface area contributed by atoms with Crippen molar-refractivity contribution in [2.45, 2.75) is 40.5 Å². The Morgan fingerprint density at radius 2 is 1.77 bits per heavy atom. The average Bonchev–Trinajstić information content (AvgIpc) is 3.06. The first-order chi connectivity index (χ1) is 14.3. The average molecular weight is 404 g/mol. The summed E-state index contributed by atoms with van der Waals surface area (Å²) in [5.41, 5.74) is 9.51. The molecule has 0 aliphatic heterocycles. The van der Waals surface area contributed by atoms with E-state index in [1.54, 1.807) is 19.4 Å². The van der Waals surface area contributed by atoms with E-state index in [1.807, 2.05) is 45.0 Å². The molecule has 0 radical (unpaired) electrons. The highest BCUT2D eigenvalue weighted by atomic mass is 16.5. The van der Waals surface area contributed by atoms with Gasteiger partial charge in [-0.1, -0.05) is 19.9 Å². The van der Waals surface area contributed by atoms with E-state index in [-0.39, 0.29) is 5.91 Å². The van der Waals surface area contributed by atoms with Crippen LogP contribution < -0.4 is 10.2 Å². The molecule has 0 fully saturated rings. The Labute approximate surface area is 178 Å². The lowest BCUT2D eigenvalue weighted by atomic mass is 9.97. The fraction of sp³-hybridized carbons (Fsp3) is 0.280. The molecule has 0 spiro atoms. The number of hydrogen-bond acceptors (Lipinski definition) is 3. The minimum Gasteiger partial charge on any atom is -0.496 e. The van der Waals surface area contributed by atoms with Crippen LogP contribution in [0.5, 0.6) is 5.75 Å². The zero-order valence-electron chi connectivity index (χ0n) is 18.5. The van der Waals surface area contributed by atoms with Gasteiger partial charge < -0.3 is 9.30 Å². The minimum atomic E-state index is -0.245. The smallest absolute Gasteiger partial charge is 0.271 e. The summed E-state index contributed by atoms with van der Waals surface area (Å²) in [5.74, 6) is 0.951. The van der Waals surface area contributed by atoms with Crippen LogP contribution in [0.4, 0.5) is 0 Å². The van der Waals surface area contributed by atoms with Gasteiger partial charge in [0.05, 0.1) is 13.3 Å². The maximum atomic E-state index is 12.6. The van der Waals surface area contributed by atoms with E-state index in [0.29, 0.717) is 11.5 Å². The summed E-state index contributed by atoms with van der Waals surface area (Å²) in [4.78, 5) is 12.6. The van der Waals surface area contributed by atoms with Crippen LogP contribution in [0, 0.1) is 20.8 Å². The second kappa shape index (κ2) is 8.99. The molecule has 2 aromatic carbocycles. The molecule has 1 aromatic heterocycles. The third kappa shape index (κ3) is 4.46. The van der Waals surface area contributed by atoms with E-state index >= 15 is 0 Å². The SMILES string of the molecule is COc1cc(C)c(/C=N\NC(=O)c2cccc(-n3c(C)ccc3C)c2)cc1C(C)C. The van der Waals surface area contributed by atoms with E-state index in [0.717, 1.165) is 39.5 Å². The lowest BCUT2D eigenvalue weighted by Crippen LogP contribution is -2.18. The first-order valence-corrected chi connectivity index (χ1v) is 10.1. The van der Waals surface area contributed by atoms with Gasteiger partial charge in [-0.05, 0) is 85.8 Å². The van der Waals surface area contributed by atoms with Crippen LogP contribution in [0.2, 0.25) is 0 Å². The van der Waals surface area contributed by atoms with Crippen molar-refractivity contribution in [2.24, 2.45) is 5.10 Å². The molecule has 1 amide bonds. The predicted octanol–water partition coefficient (Wildman–Crippen LogP) is 5.30. The number of nitrogens with zero attached hydrogens (tertiary/aromatic N) is 2. The molecule has 3 rings (SSSR count). The van der Waals surface area contributed by atoms with Gasteiger partial charge in [0.15, 0.2) is 0 Å². The normalized spacial score (nSPS) is 11.3. The summed E-state index contributed by atoms with van der Waals surface area (Å²) in [6.07, 6.45) is 1.68. The van der Waals surface area contributed by atoms with Crippen molar-refractivity contribution < 1.29 is 9.53 Å². The molecule has 30 heavy (non-hydrogen) atoms. The van der Waals surface area contributed by atoms with Gasteiger partial charge in [-0.3, -0.25) is 4.79 Å². The molecule has 5 nitrogen and oxygen atoms in total. The largest absolute Gasteiger partial charge is 0.496 e. The molecular weight excluding hydrogens is 374 g/mol. The number of aromatic nitrogens is 1. The third-order valence-corrected chi connectivity index (χ3v) is 5.25. The summed E-state index contributed by atoms with van der Waals surface area (Å²) in [5, 5.41) is 4.19. The molecule has 0 bridgehead atoms. The van der Waals surface area contributed by atoms with Crippen molar-refractivity contribution in [3.63, 3.8) is 0 Å². The summed E-state index contributed by atoms with van der Waals surface area (Å²) in [6.45, 7) is 10.3. The maximum Gasteiger partial charge on any atom is 0.271 e. The summed E-state index contributed by atoms with van der Waals surface area (Å²) >= 11 is 0. The van der Waals surface area contributed by atoms with Crippen LogP contribution in [0.15, 0.2) is 53.6 Å². The van der Waals surface area contributed by atoms with Crippen LogP contribution in [0.1, 0.15) is 58.2 Å². The van der Waals surface area contributed by atoms with Crippen molar-refractivity contribution in [3.8, 4) is 11.4 Å². The van der Waals surface area contributed by atoms with Gasteiger partial charge in [0.1, 0.15) is 5.75 Å². The van der Waals surface area contributed by atoms with Gasteiger partial charge in [0.25, 0.3) is 5.91 Å². The second-order valence-electron chi connectivity index (χ2n) is 7.81. The molecule has 1 N–H and O–H groups in total. The topological polar surface area (TPSA) is 55.6 Å². The molecule has 0 saturated carbocycles. The van der Waals surface area contributed by atoms with Crippen molar-refractivity contribution in [3.05, 3.63) is 82.2 Å². The molecule has 5 heteroatoms. The van der Waals surface area contributed by atoms with E-state index in [4.69, 9.17) is 4.74 Å². The molecule has 0 aliphatic rings. The van der Waals surface area contributed by atoms with Crippen molar-refractivity contribution in [1.82, 2.24) is 9.99 Å². The fourth-order valence-corrected chi connectivity index (χ4v) is 3.57. The molecular formula is C25H29N3O2. The van der Waals surface area contributed by atoms with Gasteiger partial charge in [-0.15, -0.1) is 0 Å². The molecule has 0 unspecified atom stereocenters. The zero-order chi connectivity index (χ0) is 21.8. The number of benzene rings is 2. The molecule has 156 valence electrons. The summed E-state index contributed by atoms with van der Waals surface area (Å²) < 4.78 is 7.60. The minimum absolute atomic E-state index is 0.245. The maximum absolute atomic E-state index is 12.6. The number of carbonyl (C=O) groups excluding carboxylic acids is 1. The Kier molecular flexibility index (Phi) is 6.40. The van der Waals surface area contributed by atoms with Crippen molar-refractivity contribution in [2.75, 3.05) is 7.11 Å². The van der Waals surface area contributed by atoms with Crippen molar-refractivity contribution >= 4 is 12.1 Å². The first-order valence-electron chi connectivity index (χ1n) is 10.1. The van der Waals surface area contributed by atoms with Gasteiger partial charge in [-0.25, -0.2) is 5.43 Å². The highest BCUT2D eigenvalue weighted by molar-refractivity contribution is 5.95. The number of aryl methyl sites for hydroxylation is 3. The standard InChI is InChI=1S/C25H29N3O2/c1-16(2)23-14-21(17(3)12-24(23)30-6)15-26-27-25(29)20-8-7-9-22(13-20)28-18(4)10-11-19(28)5/h7-16H,1-6H3,(H,27,29)/b26-15-. The van der Waals surface area contributed by atoms with Crippen LogP contribution >= 0.6 is 0 Å². The first kappa shape index (κ1) is 21.4. The summed E-state index contributed by atoms with van der Waals surface area (Å²) in [6, 6.07) is 15.7. The fourth-order valence-electron chi connectivity index (χ4n) is 3.57. The molecule has 0 aliphatic carbocycles. The van der Waals surface area contributed by atoms with Gasteiger partial charge >= 0.3 is 0 Å². The Balaban J connectivity index is 1.79. The highest BCUT2D eigenvalue weighted by Gasteiger charge is 2.11. The lowest BCUT2D eigenvalue weighted by Gasteiger charge is -2.14. The van der Waals surface area contributed by atoms with E-state index in [1.165, 1.54) is 0 Å². The second-order valence-corrected chi connectivity index (χ2v) is 7.81. The van der Waals surface area contributed by atoms with E-state index in [9.17, 15) is 4.79 Å². The van der Waals surface area contributed by atoms with E-state index < -0.39 is 0 Å². The van der Waals surface area contributed by atoms with Crippen molar-refractivity contribution in [1.29, 1.82) is 0 Å². The molecule has 0 saturated heterocycles. The Morgan fingerprint density at radius 3 is 2.40 bits per heavy atom. The number of carbonyl (C=O) groups is 1. The Bertz CT molecular complexity index is 1070. The van der Waals surface area contributed by atoms with Crippen LogP contribution in [0.25, 0.3) is 5.69 Å². The number of nitrogens with one attached hydrogen (secondary N) is 1. The predicted molar refractivity (Wildman–Crippen MR) is 122 cm³/mol. The lowest BCUT2D eigenvalue weighted by molar-refractivity contribution is 0.0955. The highest BCUT2D eigenvalue weighted by Crippen LogP contribution is 2.29. The Morgan fingerprint density at radius 1 is 1.07 bits per heavy atom. The molecule has 3 aromatic rings. The monoisotopic (exact) mass is 403 g/mol. The number of hydrogen-bond donors (Lipinski definition) is 1. The van der Waals surface area contributed by atoms with Gasteiger partial charge in [0.2, 0.25) is 0 Å².